The molecule has 1 heterocycles. The first-order chi connectivity index (χ1) is 16.0. The van der Waals surface area contributed by atoms with Gasteiger partial charge < -0.3 is 15.2 Å². The maximum atomic E-state index is 12.9. The number of nitrogens with two attached hydrogens (primary N) is 1. The molecule has 2 N–H and O–H groups in total. The summed E-state index contributed by atoms with van der Waals surface area (Å²) in [5, 5.41) is 11.5. The summed E-state index contributed by atoms with van der Waals surface area (Å²) >= 11 is 3.44. The van der Waals surface area contributed by atoms with E-state index in [0.717, 1.165) is 26.4 Å². The van der Waals surface area contributed by atoms with Crippen molar-refractivity contribution < 1.29 is 14.3 Å². The highest BCUT2D eigenvalue weighted by atomic mass is 79.9. The van der Waals surface area contributed by atoms with Crippen LogP contribution >= 0.6 is 15.9 Å². The topological polar surface area (TPSA) is 85.3 Å². The highest BCUT2D eigenvalue weighted by Crippen LogP contribution is 2.43. The molecule has 0 fully saturated rings. The van der Waals surface area contributed by atoms with Crippen molar-refractivity contribution in [3.8, 4) is 17.6 Å². The van der Waals surface area contributed by atoms with Crippen molar-refractivity contribution in [1.29, 1.82) is 5.26 Å². The number of hydrogen-bond donors (Lipinski definition) is 1. The molecule has 0 spiro atoms. The molecule has 33 heavy (non-hydrogen) atoms. The summed E-state index contributed by atoms with van der Waals surface area (Å²) in [7, 11) is 0. The van der Waals surface area contributed by atoms with E-state index in [2.05, 4.69) is 22.0 Å². The molecule has 6 heteroatoms. The molecule has 0 amide bonds. The standard InChI is InChI=1S/C27H17BrN2O3/c28-18-10-8-17(9-11-18)25-22-13-12-19(14-24(22)33-26(30)23(25)15-29)32-27(31)21-7-3-5-16-4-1-2-6-20(16)21/h1-14,25H,30H2. The number of allylic oxidation sites excluding steroid dienone is 1. The first kappa shape index (κ1) is 20.8. The van der Waals surface area contributed by atoms with Crippen LogP contribution < -0.4 is 15.2 Å². The van der Waals surface area contributed by atoms with E-state index >= 15 is 0 Å². The summed E-state index contributed by atoms with van der Waals surface area (Å²) in [4.78, 5) is 12.9. The van der Waals surface area contributed by atoms with Crippen LogP contribution in [-0.4, -0.2) is 5.97 Å². The predicted molar refractivity (Wildman–Crippen MR) is 129 cm³/mol. The number of carbonyl (C=O) groups is 1. The van der Waals surface area contributed by atoms with Crippen LogP contribution in [0, 0.1) is 11.3 Å². The molecule has 0 saturated heterocycles. The zero-order valence-corrected chi connectivity index (χ0v) is 18.9. The van der Waals surface area contributed by atoms with Gasteiger partial charge in [0, 0.05) is 16.1 Å². The van der Waals surface area contributed by atoms with Crippen LogP contribution in [0.2, 0.25) is 0 Å². The first-order valence-corrected chi connectivity index (χ1v) is 11.0. The first-order valence-electron chi connectivity index (χ1n) is 10.2. The fraction of sp³-hybridized carbons (Fsp3) is 0.0370. The molecular formula is C27H17BrN2O3. The molecule has 1 aliphatic heterocycles. The fourth-order valence-electron chi connectivity index (χ4n) is 4.06. The van der Waals surface area contributed by atoms with Gasteiger partial charge in [-0.3, -0.25) is 0 Å². The van der Waals surface area contributed by atoms with Gasteiger partial charge in [0.25, 0.3) is 0 Å². The van der Waals surface area contributed by atoms with Crippen molar-refractivity contribution in [3.05, 3.63) is 118 Å². The van der Waals surface area contributed by atoms with E-state index in [0.29, 0.717) is 22.6 Å². The van der Waals surface area contributed by atoms with Gasteiger partial charge in [0.15, 0.2) is 0 Å². The molecule has 1 atom stereocenters. The highest BCUT2D eigenvalue weighted by Gasteiger charge is 2.31. The van der Waals surface area contributed by atoms with Gasteiger partial charge in [0.2, 0.25) is 5.88 Å². The normalized spacial score (nSPS) is 14.8. The van der Waals surface area contributed by atoms with E-state index in [-0.39, 0.29) is 11.8 Å². The Morgan fingerprint density at radius 1 is 1.00 bits per heavy atom. The van der Waals surface area contributed by atoms with E-state index < -0.39 is 5.97 Å². The third-order valence-electron chi connectivity index (χ3n) is 5.61. The van der Waals surface area contributed by atoms with Crippen molar-refractivity contribution in [1.82, 2.24) is 0 Å². The van der Waals surface area contributed by atoms with Gasteiger partial charge in [-0.2, -0.15) is 5.26 Å². The van der Waals surface area contributed by atoms with Crippen molar-refractivity contribution >= 4 is 32.7 Å². The number of ether oxygens (including phenoxy) is 2. The van der Waals surface area contributed by atoms with E-state index in [1.807, 2.05) is 60.7 Å². The van der Waals surface area contributed by atoms with E-state index in [9.17, 15) is 10.1 Å². The number of hydrogen-bond acceptors (Lipinski definition) is 5. The quantitative estimate of drug-likeness (QED) is 0.276. The Kier molecular flexibility index (Phi) is 5.33. The molecule has 5 rings (SSSR count). The third-order valence-corrected chi connectivity index (χ3v) is 6.14. The zero-order chi connectivity index (χ0) is 22.9. The molecule has 0 aromatic heterocycles. The van der Waals surface area contributed by atoms with Gasteiger partial charge in [-0.05, 0) is 40.6 Å². The van der Waals surface area contributed by atoms with Gasteiger partial charge in [0.05, 0.1) is 11.5 Å². The SMILES string of the molecule is N#CC1=C(N)Oc2cc(OC(=O)c3cccc4ccccc34)ccc2C1c1ccc(Br)cc1. The molecule has 5 nitrogen and oxygen atoms in total. The molecule has 0 aliphatic carbocycles. The lowest BCUT2D eigenvalue weighted by Gasteiger charge is -2.26. The minimum absolute atomic E-state index is 0.0375. The maximum Gasteiger partial charge on any atom is 0.344 e. The number of rotatable bonds is 3. The monoisotopic (exact) mass is 496 g/mol. The number of esters is 1. The molecular weight excluding hydrogens is 480 g/mol. The minimum atomic E-state index is -0.465. The van der Waals surface area contributed by atoms with Crippen LogP contribution in [0.15, 0.2) is 101 Å². The fourth-order valence-corrected chi connectivity index (χ4v) is 4.33. The summed E-state index contributed by atoms with van der Waals surface area (Å²) in [5.74, 6) is -0.0320. The molecule has 4 aromatic rings. The van der Waals surface area contributed by atoms with E-state index in [1.54, 1.807) is 24.3 Å². The largest absolute Gasteiger partial charge is 0.440 e. The number of nitriles is 1. The summed E-state index contributed by atoms with van der Waals surface area (Å²) < 4.78 is 12.4. The Bertz CT molecular complexity index is 1460. The number of fused-ring (bicyclic) bond motifs is 2. The Hall–Kier alpha value is -4.08. The van der Waals surface area contributed by atoms with Crippen LogP contribution in [0.1, 0.15) is 27.4 Å². The average Bonchev–Trinajstić information content (AvgIpc) is 2.83. The number of nitrogens with zero attached hydrogens (tertiary/aromatic N) is 1. The van der Waals surface area contributed by atoms with E-state index in [4.69, 9.17) is 15.2 Å². The number of benzene rings is 4. The number of halogens is 1. The Balaban J connectivity index is 1.50. The predicted octanol–water partition coefficient (Wildman–Crippen LogP) is 6.04. The van der Waals surface area contributed by atoms with Gasteiger partial charge in [-0.25, -0.2) is 4.79 Å². The summed E-state index contributed by atoms with van der Waals surface area (Å²) in [6.07, 6.45) is 0. The van der Waals surface area contributed by atoms with Crippen molar-refractivity contribution in [2.24, 2.45) is 5.73 Å². The molecule has 0 radical (unpaired) electrons. The summed E-state index contributed by atoms with van der Waals surface area (Å²) in [6, 6.07) is 28.2. The molecule has 1 aliphatic rings. The summed E-state index contributed by atoms with van der Waals surface area (Å²) in [5.41, 5.74) is 8.58. The second-order valence-electron chi connectivity index (χ2n) is 7.59. The minimum Gasteiger partial charge on any atom is -0.440 e. The second-order valence-corrected chi connectivity index (χ2v) is 8.51. The Morgan fingerprint density at radius 2 is 1.76 bits per heavy atom. The molecule has 1 unspecified atom stereocenters. The second kappa shape index (κ2) is 8.45. The number of carbonyl (C=O) groups excluding carboxylic acids is 1. The lowest BCUT2D eigenvalue weighted by molar-refractivity contribution is 0.0736. The van der Waals surface area contributed by atoms with Crippen molar-refractivity contribution in [2.75, 3.05) is 0 Å². The van der Waals surface area contributed by atoms with Gasteiger partial charge in [-0.15, -0.1) is 0 Å². The van der Waals surface area contributed by atoms with Crippen molar-refractivity contribution in [2.45, 2.75) is 5.92 Å². The molecule has 4 aromatic carbocycles. The van der Waals surface area contributed by atoms with Crippen LogP contribution in [-0.2, 0) is 0 Å². The lowest BCUT2D eigenvalue weighted by atomic mass is 9.83. The van der Waals surface area contributed by atoms with Gasteiger partial charge in [-0.1, -0.05) is 70.5 Å². The summed E-state index contributed by atoms with van der Waals surface area (Å²) in [6.45, 7) is 0. The van der Waals surface area contributed by atoms with Crippen LogP contribution in [0.25, 0.3) is 10.8 Å². The lowest BCUT2D eigenvalue weighted by Crippen LogP contribution is -2.21. The van der Waals surface area contributed by atoms with Crippen LogP contribution in [0.4, 0.5) is 0 Å². The van der Waals surface area contributed by atoms with Crippen molar-refractivity contribution in [3.63, 3.8) is 0 Å². The Labute approximate surface area is 198 Å². The smallest absolute Gasteiger partial charge is 0.344 e. The average molecular weight is 497 g/mol. The van der Waals surface area contributed by atoms with E-state index in [1.165, 1.54) is 0 Å². The van der Waals surface area contributed by atoms with Gasteiger partial charge in [0.1, 0.15) is 23.1 Å². The van der Waals surface area contributed by atoms with Crippen LogP contribution in [0.5, 0.6) is 11.5 Å². The van der Waals surface area contributed by atoms with Gasteiger partial charge >= 0.3 is 5.97 Å². The Morgan fingerprint density at radius 3 is 2.55 bits per heavy atom. The maximum absolute atomic E-state index is 12.9. The molecule has 160 valence electrons. The molecule has 0 bridgehead atoms. The molecule has 0 saturated carbocycles. The highest BCUT2D eigenvalue weighted by molar-refractivity contribution is 9.10. The third kappa shape index (κ3) is 3.84. The van der Waals surface area contributed by atoms with Crippen LogP contribution in [0.3, 0.4) is 0 Å². The zero-order valence-electron chi connectivity index (χ0n) is 17.3.